The molecule has 2 atom stereocenters. The Balaban J connectivity index is 2.17. The van der Waals surface area contributed by atoms with E-state index in [4.69, 9.17) is 5.73 Å². The Morgan fingerprint density at radius 3 is 2.90 bits per heavy atom. The Kier molecular flexibility index (Phi) is 5.40. The van der Waals surface area contributed by atoms with Crippen LogP contribution in [-0.2, 0) is 6.54 Å². The standard InChI is InChI=1S/C13H21N5O2S/c1-18(9(5-19)10(20)6-21-2)4-8-3-15-12-11(8)16-7-17-13(12)14/h3,7,9-10,15,19-20H,4-6H2,1-2H3,(H2,14,16,17)/t9-,10-/m1/s1. The fourth-order valence-electron chi connectivity index (χ4n) is 2.36. The molecule has 21 heavy (non-hydrogen) atoms. The monoisotopic (exact) mass is 311 g/mol. The van der Waals surface area contributed by atoms with Crippen LogP contribution in [0, 0.1) is 0 Å². The molecule has 0 bridgehead atoms. The second-order valence-corrected chi connectivity index (χ2v) is 5.89. The minimum absolute atomic E-state index is 0.0995. The zero-order valence-corrected chi connectivity index (χ0v) is 13.0. The average molecular weight is 311 g/mol. The lowest BCUT2D eigenvalue weighted by molar-refractivity contribution is 0.0379. The highest BCUT2D eigenvalue weighted by Crippen LogP contribution is 2.21. The van der Waals surface area contributed by atoms with Crippen molar-refractivity contribution in [1.29, 1.82) is 0 Å². The van der Waals surface area contributed by atoms with E-state index in [9.17, 15) is 10.2 Å². The Morgan fingerprint density at radius 1 is 1.48 bits per heavy atom. The zero-order valence-electron chi connectivity index (χ0n) is 12.2. The molecule has 0 aliphatic carbocycles. The summed E-state index contributed by atoms with van der Waals surface area (Å²) in [5, 5.41) is 19.6. The van der Waals surface area contributed by atoms with E-state index in [1.165, 1.54) is 6.33 Å². The Hall–Kier alpha value is -1.35. The van der Waals surface area contributed by atoms with Gasteiger partial charge in [-0.2, -0.15) is 11.8 Å². The quantitative estimate of drug-likeness (QED) is 0.572. The number of aromatic amines is 1. The molecule has 5 N–H and O–H groups in total. The van der Waals surface area contributed by atoms with Gasteiger partial charge in [-0.15, -0.1) is 0 Å². The third-order valence-corrected chi connectivity index (χ3v) is 4.20. The number of thioether (sulfide) groups is 1. The van der Waals surface area contributed by atoms with Gasteiger partial charge in [0.25, 0.3) is 0 Å². The largest absolute Gasteiger partial charge is 0.395 e. The molecule has 7 nitrogen and oxygen atoms in total. The molecule has 2 heterocycles. The predicted octanol–water partition coefficient (Wildman–Crippen LogP) is 0.0567. The molecule has 116 valence electrons. The van der Waals surface area contributed by atoms with Crippen LogP contribution in [-0.4, -0.2) is 67.9 Å². The lowest BCUT2D eigenvalue weighted by Gasteiger charge is -2.30. The van der Waals surface area contributed by atoms with Gasteiger partial charge in [-0.05, 0) is 13.3 Å². The van der Waals surface area contributed by atoms with Gasteiger partial charge in [-0.3, -0.25) is 4.90 Å². The minimum Gasteiger partial charge on any atom is -0.395 e. The molecule has 0 fully saturated rings. The zero-order chi connectivity index (χ0) is 15.4. The number of anilines is 1. The summed E-state index contributed by atoms with van der Waals surface area (Å²) in [6.07, 6.45) is 4.61. The van der Waals surface area contributed by atoms with Gasteiger partial charge in [-0.25, -0.2) is 9.97 Å². The maximum atomic E-state index is 10.1. The summed E-state index contributed by atoms with van der Waals surface area (Å²) in [6.45, 7) is 0.449. The first kappa shape index (κ1) is 16.0. The molecule has 0 amide bonds. The molecule has 0 aliphatic rings. The van der Waals surface area contributed by atoms with Crippen LogP contribution in [0.2, 0.25) is 0 Å². The number of nitrogens with zero attached hydrogens (tertiary/aromatic N) is 3. The van der Waals surface area contributed by atoms with E-state index in [1.54, 1.807) is 11.8 Å². The van der Waals surface area contributed by atoms with E-state index in [1.807, 2.05) is 24.4 Å². The van der Waals surface area contributed by atoms with Crippen LogP contribution in [0.4, 0.5) is 5.82 Å². The van der Waals surface area contributed by atoms with Gasteiger partial charge >= 0.3 is 0 Å². The van der Waals surface area contributed by atoms with Crippen molar-refractivity contribution in [3.8, 4) is 0 Å². The van der Waals surface area contributed by atoms with E-state index in [-0.39, 0.29) is 12.6 Å². The van der Waals surface area contributed by atoms with Crippen LogP contribution in [0.3, 0.4) is 0 Å². The number of nitrogens with one attached hydrogen (secondary N) is 1. The number of fused-ring (bicyclic) bond motifs is 1. The maximum Gasteiger partial charge on any atom is 0.151 e. The summed E-state index contributed by atoms with van der Waals surface area (Å²) in [7, 11) is 1.87. The van der Waals surface area contributed by atoms with E-state index < -0.39 is 6.10 Å². The summed E-state index contributed by atoms with van der Waals surface area (Å²) in [5.41, 5.74) is 8.23. The maximum absolute atomic E-state index is 10.1. The molecule has 0 saturated heterocycles. The van der Waals surface area contributed by atoms with Crippen LogP contribution < -0.4 is 5.73 Å². The van der Waals surface area contributed by atoms with Crippen molar-refractivity contribution in [3.05, 3.63) is 18.1 Å². The van der Waals surface area contributed by atoms with Gasteiger partial charge in [0.1, 0.15) is 11.8 Å². The van der Waals surface area contributed by atoms with Crippen molar-refractivity contribution in [2.24, 2.45) is 0 Å². The van der Waals surface area contributed by atoms with Crippen molar-refractivity contribution in [1.82, 2.24) is 19.9 Å². The summed E-state index contributed by atoms with van der Waals surface area (Å²) in [4.78, 5) is 13.2. The smallest absolute Gasteiger partial charge is 0.151 e. The average Bonchev–Trinajstić information content (AvgIpc) is 2.84. The highest BCUT2D eigenvalue weighted by Gasteiger charge is 2.23. The number of likely N-dealkylation sites (N-methyl/N-ethyl adjacent to an activating group) is 1. The molecule has 0 saturated carbocycles. The highest BCUT2D eigenvalue weighted by molar-refractivity contribution is 7.98. The van der Waals surface area contributed by atoms with Crippen molar-refractivity contribution in [2.45, 2.75) is 18.7 Å². The number of aliphatic hydroxyl groups is 2. The molecular formula is C13H21N5O2S. The Bertz CT molecular complexity index is 591. The van der Waals surface area contributed by atoms with E-state index in [2.05, 4.69) is 15.0 Å². The molecule has 0 radical (unpaired) electrons. The van der Waals surface area contributed by atoms with Crippen LogP contribution in [0.25, 0.3) is 11.0 Å². The molecule has 0 spiro atoms. The van der Waals surface area contributed by atoms with E-state index >= 15 is 0 Å². The van der Waals surface area contributed by atoms with Crippen molar-refractivity contribution in [3.63, 3.8) is 0 Å². The summed E-state index contributed by atoms with van der Waals surface area (Å²) < 4.78 is 0. The number of hydrogen-bond donors (Lipinski definition) is 4. The lowest BCUT2D eigenvalue weighted by Crippen LogP contribution is -2.44. The van der Waals surface area contributed by atoms with E-state index in [0.717, 1.165) is 11.1 Å². The fourth-order valence-corrected chi connectivity index (χ4v) is 2.92. The second kappa shape index (κ2) is 7.08. The predicted molar refractivity (Wildman–Crippen MR) is 85.0 cm³/mol. The van der Waals surface area contributed by atoms with Crippen LogP contribution in [0.5, 0.6) is 0 Å². The van der Waals surface area contributed by atoms with Crippen LogP contribution in [0.15, 0.2) is 12.5 Å². The lowest BCUT2D eigenvalue weighted by atomic mass is 10.1. The van der Waals surface area contributed by atoms with Crippen molar-refractivity contribution < 1.29 is 10.2 Å². The van der Waals surface area contributed by atoms with Crippen molar-refractivity contribution >= 4 is 28.6 Å². The number of hydrogen-bond acceptors (Lipinski definition) is 7. The number of nitrogens with two attached hydrogens (primary N) is 1. The first-order chi connectivity index (χ1) is 10.1. The molecule has 0 unspecified atom stereocenters. The summed E-state index contributed by atoms with van der Waals surface area (Å²) >= 11 is 1.55. The Labute approximate surface area is 127 Å². The normalized spacial score (nSPS) is 14.7. The number of rotatable bonds is 7. The first-order valence-electron chi connectivity index (χ1n) is 6.63. The van der Waals surface area contributed by atoms with Gasteiger partial charge in [0.2, 0.25) is 0 Å². The van der Waals surface area contributed by atoms with Gasteiger partial charge in [0, 0.05) is 24.1 Å². The number of aromatic nitrogens is 3. The van der Waals surface area contributed by atoms with Crippen LogP contribution in [0.1, 0.15) is 5.56 Å². The van der Waals surface area contributed by atoms with Crippen molar-refractivity contribution in [2.75, 3.05) is 31.4 Å². The summed E-state index contributed by atoms with van der Waals surface area (Å²) in [5.74, 6) is 0.994. The van der Waals surface area contributed by atoms with Gasteiger partial charge in [-0.1, -0.05) is 0 Å². The fraction of sp³-hybridized carbons (Fsp3) is 0.538. The molecular weight excluding hydrogens is 290 g/mol. The number of aliphatic hydroxyl groups excluding tert-OH is 2. The second-order valence-electron chi connectivity index (χ2n) is 4.98. The Morgan fingerprint density at radius 2 is 2.24 bits per heavy atom. The van der Waals surface area contributed by atoms with Gasteiger partial charge in [0.05, 0.1) is 24.3 Å². The SMILES string of the molecule is CSC[C@@H](O)[C@@H](CO)N(C)Cc1c[nH]c2c(N)ncnc12. The molecule has 8 heteroatoms. The topological polar surface area (TPSA) is 111 Å². The molecule has 2 rings (SSSR count). The summed E-state index contributed by atoms with van der Waals surface area (Å²) in [6, 6.07) is -0.318. The molecule has 2 aromatic heterocycles. The van der Waals surface area contributed by atoms with E-state index in [0.29, 0.717) is 23.6 Å². The molecule has 0 aliphatic heterocycles. The first-order valence-corrected chi connectivity index (χ1v) is 8.02. The number of H-pyrrole nitrogens is 1. The molecule has 0 aromatic carbocycles. The molecule has 2 aromatic rings. The minimum atomic E-state index is -0.583. The van der Waals surface area contributed by atoms with Gasteiger partial charge in [0.15, 0.2) is 5.82 Å². The van der Waals surface area contributed by atoms with Gasteiger partial charge < -0.3 is 20.9 Å². The number of nitrogen functional groups attached to an aromatic ring is 1. The highest BCUT2D eigenvalue weighted by atomic mass is 32.2. The third-order valence-electron chi connectivity index (χ3n) is 3.53. The van der Waals surface area contributed by atoms with Crippen LogP contribution >= 0.6 is 11.8 Å². The third kappa shape index (κ3) is 3.46.